The highest BCUT2D eigenvalue weighted by Crippen LogP contribution is 2.22. The van der Waals surface area contributed by atoms with Gasteiger partial charge in [-0.2, -0.15) is 0 Å². The molecule has 5 nitrogen and oxygen atoms in total. The quantitative estimate of drug-likeness (QED) is 0.631. The van der Waals surface area contributed by atoms with Gasteiger partial charge in [0.2, 0.25) is 10.0 Å². The van der Waals surface area contributed by atoms with Crippen LogP contribution in [0.3, 0.4) is 0 Å². The summed E-state index contributed by atoms with van der Waals surface area (Å²) in [5.74, 6) is -0.442. The molecule has 0 heterocycles. The molecular weight excluding hydrogens is 302 g/mol. The van der Waals surface area contributed by atoms with Crippen LogP contribution in [-0.2, 0) is 14.8 Å². The van der Waals surface area contributed by atoms with Crippen molar-refractivity contribution >= 4 is 16.0 Å². The largest absolute Gasteiger partial charge is 0.459 e. The Morgan fingerprint density at radius 1 is 1.14 bits per heavy atom. The normalized spacial score (nSPS) is 17.2. The lowest BCUT2D eigenvalue weighted by Crippen LogP contribution is -2.23. The van der Waals surface area contributed by atoms with Gasteiger partial charge in [0.25, 0.3) is 0 Å². The molecule has 0 amide bonds. The van der Waals surface area contributed by atoms with Crippen LogP contribution in [-0.4, -0.2) is 38.9 Å². The molecule has 0 spiro atoms. The second-order valence-electron chi connectivity index (χ2n) is 5.83. The standard InChI is InChI=1S/C16H23NO4S/c1-17(2)22(19,20)15-11-7-8-13(12-15)16(18)21-14-9-5-3-4-6-10-14/h7-8,11-12,14H,3-6,9-10H2,1-2H3. The zero-order valence-electron chi connectivity index (χ0n) is 13.1. The molecule has 0 aromatic heterocycles. The Morgan fingerprint density at radius 2 is 1.77 bits per heavy atom. The van der Waals surface area contributed by atoms with Crippen LogP contribution in [0, 0.1) is 0 Å². The van der Waals surface area contributed by atoms with Crippen molar-refractivity contribution in [3.63, 3.8) is 0 Å². The average molecular weight is 325 g/mol. The molecule has 1 aliphatic rings. The number of benzene rings is 1. The molecule has 1 aromatic carbocycles. The van der Waals surface area contributed by atoms with Gasteiger partial charge in [0.1, 0.15) is 6.10 Å². The van der Waals surface area contributed by atoms with Gasteiger partial charge in [-0.15, -0.1) is 0 Å². The number of hydrogen-bond acceptors (Lipinski definition) is 4. The van der Waals surface area contributed by atoms with Crippen molar-refractivity contribution in [3.05, 3.63) is 29.8 Å². The van der Waals surface area contributed by atoms with E-state index in [2.05, 4.69) is 0 Å². The third kappa shape index (κ3) is 4.08. The van der Waals surface area contributed by atoms with Gasteiger partial charge < -0.3 is 4.74 Å². The number of hydrogen-bond donors (Lipinski definition) is 0. The molecule has 22 heavy (non-hydrogen) atoms. The molecule has 0 aliphatic heterocycles. The topological polar surface area (TPSA) is 63.7 Å². The van der Waals surface area contributed by atoms with E-state index in [-0.39, 0.29) is 16.6 Å². The number of carbonyl (C=O) groups excluding carboxylic acids is 1. The maximum absolute atomic E-state index is 12.2. The van der Waals surface area contributed by atoms with Gasteiger partial charge in [0.05, 0.1) is 10.5 Å². The van der Waals surface area contributed by atoms with Gasteiger partial charge >= 0.3 is 5.97 Å². The van der Waals surface area contributed by atoms with E-state index >= 15 is 0 Å². The molecule has 0 N–H and O–H groups in total. The predicted octanol–water partition coefficient (Wildman–Crippen LogP) is 2.82. The van der Waals surface area contributed by atoms with Crippen LogP contribution in [0.1, 0.15) is 48.9 Å². The Morgan fingerprint density at radius 3 is 2.36 bits per heavy atom. The SMILES string of the molecule is CN(C)S(=O)(=O)c1cccc(C(=O)OC2CCCCCC2)c1. The van der Waals surface area contributed by atoms with Crippen LogP contribution in [0.5, 0.6) is 0 Å². The molecular formula is C16H23NO4S. The third-order valence-electron chi connectivity index (χ3n) is 3.92. The fourth-order valence-electron chi connectivity index (χ4n) is 2.57. The first-order valence-corrected chi connectivity index (χ1v) is 9.09. The van der Waals surface area contributed by atoms with E-state index in [1.807, 2.05) is 0 Å². The average Bonchev–Trinajstić information content (AvgIpc) is 2.76. The summed E-state index contributed by atoms with van der Waals surface area (Å²) >= 11 is 0. The van der Waals surface area contributed by atoms with E-state index in [0.29, 0.717) is 0 Å². The summed E-state index contributed by atoms with van der Waals surface area (Å²) in [6.45, 7) is 0. The van der Waals surface area contributed by atoms with Crippen molar-refractivity contribution in [1.82, 2.24) is 4.31 Å². The highest BCUT2D eigenvalue weighted by molar-refractivity contribution is 7.89. The van der Waals surface area contributed by atoms with Gasteiger partial charge in [0.15, 0.2) is 0 Å². The molecule has 0 radical (unpaired) electrons. The molecule has 0 saturated heterocycles. The van der Waals surface area contributed by atoms with Gasteiger partial charge in [-0.1, -0.05) is 18.9 Å². The molecule has 122 valence electrons. The molecule has 0 bridgehead atoms. The van der Waals surface area contributed by atoms with Gasteiger partial charge in [0, 0.05) is 14.1 Å². The molecule has 6 heteroatoms. The molecule has 0 unspecified atom stereocenters. The van der Waals surface area contributed by atoms with E-state index in [4.69, 9.17) is 4.74 Å². The summed E-state index contributed by atoms with van der Waals surface area (Å²) in [6, 6.07) is 6.03. The summed E-state index contributed by atoms with van der Waals surface area (Å²) < 4.78 is 30.9. The maximum atomic E-state index is 12.2. The van der Waals surface area contributed by atoms with Gasteiger partial charge in [-0.25, -0.2) is 17.5 Å². The molecule has 1 fully saturated rings. The lowest BCUT2D eigenvalue weighted by atomic mass is 10.1. The summed E-state index contributed by atoms with van der Waals surface area (Å²) in [7, 11) is -0.618. The zero-order chi connectivity index (χ0) is 16.2. The highest BCUT2D eigenvalue weighted by atomic mass is 32.2. The first kappa shape index (κ1) is 17.0. The summed E-state index contributed by atoms with van der Waals surface area (Å²) in [6.07, 6.45) is 6.25. The smallest absolute Gasteiger partial charge is 0.338 e. The predicted molar refractivity (Wildman–Crippen MR) is 84.2 cm³/mol. The van der Waals surface area contributed by atoms with E-state index in [1.165, 1.54) is 39.1 Å². The molecule has 2 rings (SSSR count). The summed E-state index contributed by atoms with van der Waals surface area (Å²) in [4.78, 5) is 12.3. The first-order valence-electron chi connectivity index (χ1n) is 7.65. The maximum Gasteiger partial charge on any atom is 0.338 e. The van der Waals surface area contributed by atoms with Gasteiger partial charge in [-0.05, 0) is 43.9 Å². The first-order chi connectivity index (χ1) is 10.4. The Kier molecular flexibility index (Phi) is 5.58. The lowest BCUT2D eigenvalue weighted by molar-refractivity contribution is 0.0267. The van der Waals surface area contributed by atoms with Gasteiger partial charge in [-0.3, -0.25) is 0 Å². The second kappa shape index (κ2) is 7.24. The van der Waals surface area contributed by atoms with Crippen LogP contribution < -0.4 is 0 Å². The van der Waals surface area contributed by atoms with E-state index < -0.39 is 16.0 Å². The van der Waals surface area contributed by atoms with Crippen molar-refractivity contribution in [3.8, 4) is 0 Å². The van der Waals surface area contributed by atoms with E-state index in [9.17, 15) is 13.2 Å². The van der Waals surface area contributed by atoms with E-state index in [0.717, 1.165) is 30.0 Å². The number of sulfonamides is 1. The minimum atomic E-state index is -3.55. The van der Waals surface area contributed by atoms with Crippen LogP contribution in [0.25, 0.3) is 0 Å². The van der Waals surface area contributed by atoms with Crippen molar-refractivity contribution in [2.45, 2.75) is 49.5 Å². The van der Waals surface area contributed by atoms with Crippen molar-refractivity contribution in [2.24, 2.45) is 0 Å². The Bertz CT molecular complexity index is 617. The van der Waals surface area contributed by atoms with Crippen LogP contribution >= 0.6 is 0 Å². The Hall–Kier alpha value is -1.40. The number of rotatable bonds is 4. The molecule has 1 saturated carbocycles. The highest BCUT2D eigenvalue weighted by Gasteiger charge is 2.21. The Balaban J connectivity index is 2.13. The molecule has 0 atom stereocenters. The van der Waals surface area contributed by atoms with Crippen molar-refractivity contribution in [2.75, 3.05) is 14.1 Å². The number of esters is 1. The fraction of sp³-hybridized carbons (Fsp3) is 0.562. The minimum Gasteiger partial charge on any atom is -0.459 e. The fourth-order valence-corrected chi connectivity index (χ4v) is 3.52. The Labute approximate surface area is 132 Å². The zero-order valence-corrected chi connectivity index (χ0v) is 13.9. The van der Waals surface area contributed by atoms with E-state index in [1.54, 1.807) is 12.1 Å². The lowest BCUT2D eigenvalue weighted by Gasteiger charge is -2.16. The number of nitrogens with zero attached hydrogens (tertiary/aromatic N) is 1. The van der Waals surface area contributed by atoms with Crippen molar-refractivity contribution in [1.29, 1.82) is 0 Å². The number of carbonyl (C=O) groups is 1. The van der Waals surface area contributed by atoms with Crippen LogP contribution in [0.4, 0.5) is 0 Å². The summed E-state index contributed by atoms with van der Waals surface area (Å²) in [5, 5.41) is 0. The number of ether oxygens (including phenoxy) is 1. The molecule has 1 aliphatic carbocycles. The molecule has 1 aromatic rings. The summed E-state index contributed by atoms with van der Waals surface area (Å²) in [5.41, 5.74) is 0.284. The second-order valence-corrected chi connectivity index (χ2v) is 7.99. The van der Waals surface area contributed by atoms with Crippen LogP contribution in [0.2, 0.25) is 0 Å². The van der Waals surface area contributed by atoms with Crippen molar-refractivity contribution < 1.29 is 17.9 Å². The minimum absolute atomic E-state index is 0.0517. The monoisotopic (exact) mass is 325 g/mol. The third-order valence-corrected chi connectivity index (χ3v) is 5.74. The van der Waals surface area contributed by atoms with Crippen LogP contribution in [0.15, 0.2) is 29.2 Å².